The zero-order chi connectivity index (χ0) is 17.3. The Kier molecular flexibility index (Phi) is 4.67. The zero-order valence-electron chi connectivity index (χ0n) is 13.8. The van der Waals surface area contributed by atoms with Crippen LogP contribution in [0.3, 0.4) is 0 Å². The Morgan fingerprint density at radius 1 is 1.39 bits per heavy atom. The highest BCUT2D eigenvalue weighted by Crippen LogP contribution is 2.23. The summed E-state index contributed by atoms with van der Waals surface area (Å²) >= 11 is 0. The molecule has 1 atom stereocenters. The van der Waals surface area contributed by atoms with Crippen LogP contribution in [-0.2, 0) is 16.1 Å². The second kappa shape index (κ2) is 6.35. The standard InChI is InChI=1S/C14H21N5O4/c1-9-13(19(22)23)10(2)18(15-9)8-12(20)17-7-5-6-11(17)14(21)16(3)4/h11H,5-8H2,1-4H3. The normalized spacial score (nSPS) is 17.4. The smallest absolute Gasteiger partial charge is 0.312 e. The highest BCUT2D eigenvalue weighted by atomic mass is 16.6. The summed E-state index contributed by atoms with van der Waals surface area (Å²) in [4.78, 5) is 38.2. The molecule has 0 saturated carbocycles. The lowest BCUT2D eigenvalue weighted by Gasteiger charge is -2.26. The molecule has 23 heavy (non-hydrogen) atoms. The Labute approximate surface area is 134 Å². The summed E-state index contributed by atoms with van der Waals surface area (Å²) in [5, 5.41) is 15.1. The van der Waals surface area contributed by atoms with Gasteiger partial charge in [0, 0.05) is 20.6 Å². The monoisotopic (exact) mass is 323 g/mol. The van der Waals surface area contributed by atoms with Gasteiger partial charge in [-0.15, -0.1) is 0 Å². The van der Waals surface area contributed by atoms with Gasteiger partial charge in [-0.1, -0.05) is 0 Å². The molecular weight excluding hydrogens is 302 g/mol. The van der Waals surface area contributed by atoms with Crippen LogP contribution in [0.1, 0.15) is 24.2 Å². The molecule has 1 aromatic heterocycles. The first-order valence-corrected chi connectivity index (χ1v) is 7.43. The van der Waals surface area contributed by atoms with E-state index in [1.165, 1.54) is 9.58 Å². The van der Waals surface area contributed by atoms with Gasteiger partial charge in [-0.05, 0) is 26.7 Å². The Balaban J connectivity index is 2.18. The maximum absolute atomic E-state index is 12.5. The number of hydrogen-bond acceptors (Lipinski definition) is 5. The highest BCUT2D eigenvalue weighted by Gasteiger charge is 2.35. The van der Waals surface area contributed by atoms with Crippen molar-refractivity contribution in [3.63, 3.8) is 0 Å². The largest absolute Gasteiger partial charge is 0.347 e. The molecule has 2 heterocycles. The molecule has 0 bridgehead atoms. The van der Waals surface area contributed by atoms with Crippen LogP contribution >= 0.6 is 0 Å². The van der Waals surface area contributed by atoms with Crippen LogP contribution in [0.2, 0.25) is 0 Å². The van der Waals surface area contributed by atoms with Gasteiger partial charge >= 0.3 is 5.69 Å². The number of carbonyl (C=O) groups excluding carboxylic acids is 2. The van der Waals surface area contributed by atoms with Crippen molar-refractivity contribution in [1.82, 2.24) is 19.6 Å². The summed E-state index contributed by atoms with van der Waals surface area (Å²) in [5.41, 5.74) is 0.554. The number of likely N-dealkylation sites (tertiary alicyclic amines) is 1. The number of nitrogens with zero attached hydrogens (tertiary/aromatic N) is 5. The van der Waals surface area contributed by atoms with Crippen LogP contribution < -0.4 is 0 Å². The fraction of sp³-hybridized carbons (Fsp3) is 0.643. The van der Waals surface area contributed by atoms with Crippen LogP contribution in [0.25, 0.3) is 0 Å². The minimum Gasteiger partial charge on any atom is -0.347 e. The molecule has 1 aliphatic heterocycles. The van der Waals surface area contributed by atoms with Crippen LogP contribution in [0.5, 0.6) is 0 Å². The van der Waals surface area contributed by atoms with Crippen molar-refractivity contribution in [3.05, 3.63) is 21.5 Å². The minimum atomic E-state index is -0.493. The summed E-state index contributed by atoms with van der Waals surface area (Å²) in [5.74, 6) is -0.349. The van der Waals surface area contributed by atoms with E-state index in [1.54, 1.807) is 32.8 Å². The van der Waals surface area contributed by atoms with E-state index < -0.39 is 11.0 Å². The SMILES string of the molecule is Cc1nn(CC(=O)N2CCCC2C(=O)N(C)C)c(C)c1[N+](=O)[O-]. The highest BCUT2D eigenvalue weighted by molar-refractivity contribution is 5.88. The Morgan fingerprint density at radius 3 is 2.57 bits per heavy atom. The third-order valence-electron chi connectivity index (χ3n) is 4.11. The molecule has 0 N–H and O–H groups in total. The second-order valence-electron chi connectivity index (χ2n) is 5.91. The number of rotatable bonds is 4. The number of aryl methyl sites for hydroxylation is 1. The third-order valence-corrected chi connectivity index (χ3v) is 4.11. The summed E-state index contributed by atoms with van der Waals surface area (Å²) in [6.45, 7) is 3.53. The van der Waals surface area contributed by atoms with E-state index in [1.807, 2.05) is 0 Å². The molecule has 9 nitrogen and oxygen atoms in total. The molecule has 2 amide bonds. The van der Waals surface area contributed by atoms with Crippen molar-refractivity contribution in [2.24, 2.45) is 0 Å². The van der Waals surface area contributed by atoms with E-state index in [-0.39, 0.29) is 29.7 Å². The molecule has 1 aliphatic rings. The lowest BCUT2D eigenvalue weighted by molar-refractivity contribution is -0.386. The maximum Gasteiger partial charge on any atom is 0.312 e. The van der Waals surface area contributed by atoms with Gasteiger partial charge in [0.1, 0.15) is 24.0 Å². The Hall–Kier alpha value is -2.45. The first-order chi connectivity index (χ1) is 10.7. The number of nitro groups is 1. The molecule has 1 aromatic rings. The van der Waals surface area contributed by atoms with Crippen molar-refractivity contribution in [2.45, 2.75) is 39.3 Å². The molecule has 0 radical (unpaired) electrons. The van der Waals surface area contributed by atoms with Crippen molar-refractivity contribution in [3.8, 4) is 0 Å². The van der Waals surface area contributed by atoms with E-state index in [4.69, 9.17) is 0 Å². The zero-order valence-corrected chi connectivity index (χ0v) is 13.8. The quantitative estimate of drug-likeness (QED) is 0.593. The molecule has 9 heteroatoms. The molecular formula is C14H21N5O4. The second-order valence-corrected chi connectivity index (χ2v) is 5.91. The summed E-state index contributed by atoms with van der Waals surface area (Å²) in [6, 6.07) is -0.454. The van der Waals surface area contributed by atoms with Gasteiger partial charge in [0.2, 0.25) is 11.8 Å². The van der Waals surface area contributed by atoms with Gasteiger partial charge in [0.25, 0.3) is 0 Å². The van der Waals surface area contributed by atoms with E-state index in [0.29, 0.717) is 18.7 Å². The molecule has 1 unspecified atom stereocenters. The molecule has 0 aromatic carbocycles. The molecule has 1 saturated heterocycles. The number of aromatic nitrogens is 2. The first-order valence-electron chi connectivity index (χ1n) is 7.43. The Bertz CT molecular complexity index is 652. The van der Waals surface area contributed by atoms with Crippen molar-refractivity contribution >= 4 is 17.5 Å². The van der Waals surface area contributed by atoms with Crippen molar-refractivity contribution < 1.29 is 14.5 Å². The van der Waals surface area contributed by atoms with Gasteiger partial charge in [-0.25, -0.2) is 0 Å². The number of likely N-dealkylation sites (N-methyl/N-ethyl adjacent to an activating group) is 1. The van der Waals surface area contributed by atoms with E-state index in [9.17, 15) is 19.7 Å². The average Bonchev–Trinajstić information content (AvgIpc) is 3.03. The van der Waals surface area contributed by atoms with Crippen molar-refractivity contribution in [1.29, 1.82) is 0 Å². The Morgan fingerprint density at radius 2 is 2.04 bits per heavy atom. The summed E-state index contributed by atoms with van der Waals surface area (Å²) in [6.07, 6.45) is 1.41. The summed E-state index contributed by atoms with van der Waals surface area (Å²) in [7, 11) is 3.32. The number of carbonyl (C=O) groups is 2. The van der Waals surface area contributed by atoms with Crippen LogP contribution in [0.4, 0.5) is 5.69 Å². The molecule has 0 aliphatic carbocycles. The lowest BCUT2D eigenvalue weighted by atomic mass is 10.2. The van der Waals surface area contributed by atoms with Crippen LogP contribution in [-0.4, -0.2) is 63.0 Å². The molecule has 126 valence electrons. The van der Waals surface area contributed by atoms with E-state index in [2.05, 4.69) is 5.10 Å². The fourth-order valence-electron chi connectivity index (χ4n) is 2.94. The van der Waals surface area contributed by atoms with Gasteiger partial charge in [-0.2, -0.15) is 5.10 Å². The van der Waals surface area contributed by atoms with Gasteiger partial charge in [0.15, 0.2) is 0 Å². The first kappa shape index (κ1) is 16.9. The fourth-order valence-corrected chi connectivity index (χ4v) is 2.94. The topological polar surface area (TPSA) is 102 Å². The summed E-state index contributed by atoms with van der Waals surface area (Å²) < 4.78 is 1.34. The molecule has 1 fully saturated rings. The lowest BCUT2D eigenvalue weighted by Crippen LogP contribution is -2.46. The van der Waals surface area contributed by atoms with E-state index >= 15 is 0 Å². The molecule has 2 rings (SSSR count). The minimum absolute atomic E-state index is 0.0693. The molecule has 0 spiro atoms. The predicted molar refractivity (Wildman–Crippen MR) is 81.8 cm³/mol. The average molecular weight is 323 g/mol. The maximum atomic E-state index is 12.5. The number of hydrogen-bond donors (Lipinski definition) is 0. The van der Waals surface area contributed by atoms with Gasteiger partial charge in [-0.3, -0.25) is 24.4 Å². The van der Waals surface area contributed by atoms with Gasteiger partial charge in [0.05, 0.1) is 4.92 Å². The van der Waals surface area contributed by atoms with E-state index in [0.717, 1.165) is 6.42 Å². The third kappa shape index (κ3) is 3.17. The van der Waals surface area contributed by atoms with Gasteiger partial charge < -0.3 is 9.80 Å². The van der Waals surface area contributed by atoms with Crippen molar-refractivity contribution in [2.75, 3.05) is 20.6 Å². The van der Waals surface area contributed by atoms with Crippen LogP contribution in [0, 0.1) is 24.0 Å². The van der Waals surface area contributed by atoms with Crippen LogP contribution in [0.15, 0.2) is 0 Å². The number of amides is 2. The predicted octanol–water partition coefficient (Wildman–Crippen LogP) is 0.487.